The molecule has 0 radical (unpaired) electrons. The second-order valence-electron chi connectivity index (χ2n) is 5.90. The molecule has 1 fully saturated rings. The van der Waals surface area contributed by atoms with Gasteiger partial charge in [-0.2, -0.15) is 0 Å². The van der Waals surface area contributed by atoms with Crippen molar-refractivity contribution in [3.63, 3.8) is 0 Å². The Hall–Kier alpha value is -3.28. The predicted octanol–water partition coefficient (Wildman–Crippen LogP) is 2.87. The van der Waals surface area contributed by atoms with Gasteiger partial charge in [0.25, 0.3) is 11.8 Å². The Labute approximate surface area is 152 Å². The number of hydrogen-bond donors (Lipinski definition) is 3. The second kappa shape index (κ2) is 8.20. The SMILES string of the molecule is CCC1COC(=C(C(=O)Nc2ccccc2)C(=O)Nc2ccccc2)N1. The summed E-state index contributed by atoms with van der Waals surface area (Å²) in [5.74, 6) is -0.841. The van der Waals surface area contributed by atoms with Crippen molar-refractivity contribution in [2.75, 3.05) is 17.2 Å². The van der Waals surface area contributed by atoms with Crippen molar-refractivity contribution in [3.8, 4) is 0 Å². The first-order valence-corrected chi connectivity index (χ1v) is 8.53. The van der Waals surface area contributed by atoms with E-state index in [4.69, 9.17) is 4.74 Å². The third-order valence-electron chi connectivity index (χ3n) is 4.00. The van der Waals surface area contributed by atoms with Gasteiger partial charge in [-0.05, 0) is 30.7 Å². The minimum atomic E-state index is -0.524. The molecule has 0 saturated carbocycles. The molecule has 134 valence electrons. The van der Waals surface area contributed by atoms with Crippen molar-refractivity contribution in [1.82, 2.24) is 5.32 Å². The van der Waals surface area contributed by atoms with Crippen LogP contribution in [0.1, 0.15) is 13.3 Å². The van der Waals surface area contributed by atoms with Gasteiger partial charge in [0.1, 0.15) is 6.61 Å². The van der Waals surface area contributed by atoms with E-state index in [2.05, 4.69) is 16.0 Å². The number of para-hydroxylation sites is 2. The maximum Gasteiger partial charge on any atom is 0.266 e. The second-order valence-corrected chi connectivity index (χ2v) is 5.90. The fourth-order valence-corrected chi connectivity index (χ4v) is 2.56. The summed E-state index contributed by atoms with van der Waals surface area (Å²) >= 11 is 0. The van der Waals surface area contributed by atoms with Crippen LogP contribution in [0.4, 0.5) is 11.4 Å². The molecule has 1 aliphatic heterocycles. The van der Waals surface area contributed by atoms with Crippen LogP contribution in [0.5, 0.6) is 0 Å². The molecule has 0 spiro atoms. The summed E-state index contributed by atoms with van der Waals surface area (Å²) in [7, 11) is 0. The lowest BCUT2D eigenvalue weighted by Gasteiger charge is -2.12. The molecule has 2 aromatic carbocycles. The molecule has 3 N–H and O–H groups in total. The quantitative estimate of drug-likeness (QED) is 0.440. The highest BCUT2D eigenvalue weighted by atomic mass is 16.5. The fourth-order valence-electron chi connectivity index (χ4n) is 2.56. The van der Waals surface area contributed by atoms with E-state index in [1.807, 2.05) is 43.3 Å². The van der Waals surface area contributed by atoms with E-state index in [1.54, 1.807) is 24.3 Å². The molecular weight excluding hydrogens is 330 g/mol. The highest BCUT2D eigenvalue weighted by molar-refractivity contribution is 6.26. The Morgan fingerprint density at radius 2 is 1.46 bits per heavy atom. The minimum Gasteiger partial charge on any atom is -0.476 e. The number of rotatable bonds is 5. The molecule has 6 nitrogen and oxygen atoms in total. The number of ether oxygens (including phenoxy) is 1. The predicted molar refractivity (Wildman–Crippen MR) is 100 cm³/mol. The van der Waals surface area contributed by atoms with Gasteiger partial charge in [0.2, 0.25) is 5.88 Å². The van der Waals surface area contributed by atoms with Gasteiger partial charge in [-0.25, -0.2) is 0 Å². The highest BCUT2D eigenvalue weighted by Gasteiger charge is 2.30. The van der Waals surface area contributed by atoms with Crippen molar-refractivity contribution < 1.29 is 14.3 Å². The first-order chi connectivity index (χ1) is 12.7. The number of carbonyl (C=O) groups excluding carboxylic acids is 2. The largest absolute Gasteiger partial charge is 0.476 e. The van der Waals surface area contributed by atoms with E-state index < -0.39 is 11.8 Å². The van der Waals surface area contributed by atoms with Crippen LogP contribution in [-0.2, 0) is 14.3 Å². The number of benzene rings is 2. The van der Waals surface area contributed by atoms with Gasteiger partial charge < -0.3 is 20.7 Å². The van der Waals surface area contributed by atoms with Crippen molar-refractivity contribution in [3.05, 3.63) is 72.1 Å². The van der Waals surface area contributed by atoms with E-state index >= 15 is 0 Å². The van der Waals surface area contributed by atoms with Crippen molar-refractivity contribution >= 4 is 23.2 Å². The van der Waals surface area contributed by atoms with E-state index in [0.29, 0.717) is 18.0 Å². The summed E-state index contributed by atoms with van der Waals surface area (Å²) in [4.78, 5) is 25.6. The van der Waals surface area contributed by atoms with Crippen molar-refractivity contribution in [1.29, 1.82) is 0 Å². The summed E-state index contributed by atoms with van der Waals surface area (Å²) in [6.45, 7) is 2.43. The van der Waals surface area contributed by atoms with Crippen LogP contribution in [0.25, 0.3) is 0 Å². The molecule has 0 aromatic heterocycles. The van der Waals surface area contributed by atoms with E-state index in [1.165, 1.54) is 0 Å². The zero-order chi connectivity index (χ0) is 18.4. The van der Waals surface area contributed by atoms with Crippen LogP contribution in [0, 0.1) is 0 Å². The molecule has 1 atom stereocenters. The zero-order valence-corrected chi connectivity index (χ0v) is 14.5. The van der Waals surface area contributed by atoms with Gasteiger partial charge in [-0.15, -0.1) is 0 Å². The summed E-state index contributed by atoms with van der Waals surface area (Å²) < 4.78 is 5.58. The smallest absolute Gasteiger partial charge is 0.266 e. The molecule has 26 heavy (non-hydrogen) atoms. The summed E-state index contributed by atoms with van der Waals surface area (Å²) in [6.07, 6.45) is 0.831. The highest BCUT2D eigenvalue weighted by Crippen LogP contribution is 2.18. The van der Waals surface area contributed by atoms with Crippen LogP contribution in [0.2, 0.25) is 0 Å². The lowest BCUT2D eigenvalue weighted by molar-refractivity contribution is -0.118. The molecule has 1 heterocycles. The third kappa shape index (κ3) is 4.22. The molecule has 1 unspecified atom stereocenters. The standard InChI is InChI=1S/C20H21N3O3/c1-2-14-13-26-20(23-14)17(18(24)21-15-9-5-3-6-10-15)19(25)22-16-11-7-4-8-12-16/h3-12,14,23H,2,13H2,1H3,(H,21,24)(H,22,25). The minimum absolute atomic E-state index is 0.0753. The lowest BCUT2D eigenvalue weighted by atomic mass is 10.2. The molecule has 0 aliphatic carbocycles. The first kappa shape index (κ1) is 17.5. The van der Waals surface area contributed by atoms with E-state index in [9.17, 15) is 9.59 Å². The van der Waals surface area contributed by atoms with Crippen LogP contribution < -0.4 is 16.0 Å². The summed E-state index contributed by atoms with van der Waals surface area (Å²) in [5, 5.41) is 8.59. The Morgan fingerprint density at radius 3 is 1.88 bits per heavy atom. The average molecular weight is 351 g/mol. The number of amides is 2. The summed E-state index contributed by atoms with van der Waals surface area (Å²) in [6, 6.07) is 18.0. The summed E-state index contributed by atoms with van der Waals surface area (Å²) in [5.41, 5.74) is 1.13. The molecular formula is C20H21N3O3. The number of hydrogen-bond acceptors (Lipinski definition) is 4. The van der Waals surface area contributed by atoms with Crippen LogP contribution in [-0.4, -0.2) is 24.5 Å². The molecule has 6 heteroatoms. The van der Waals surface area contributed by atoms with Gasteiger partial charge in [0.15, 0.2) is 5.57 Å². The van der Waals surface area contributed by atoms with Gasteiger partial charge in [0.05, 0.1) is 6.04 Å². The van der Waals surface area contributed by atoms with Crippen LogP contribution in [0.3, 0.4) is 0 Å². The molecule has 2 amide bonds. The van der Waals surface area contributed by atoms with Crippen LogP contribution >= 0.6 is 0 Å². The maximum absolute atomic E-state index is 12.8. The number of carbonyl (C=O) groups is 2. The lowest BCUT2D eigenvalue weighted by Crippen LogP contribution is -2.30. The Balaban J connectivity index is 1.85. The average Bonchev–Trinajstić information content (AvgIpc) is 3.12. The maximum atomic E-state index is 12.8. The topological polar surface area (TPSA) is 79.5 Å². The Bertz CT molecular complexity index is 748. The molecule has 0 bridgehead atoms. The first-order valence-electron chi connectivity index (χ1n) is 8.53. The third-order valence-corrected chi connectivity index (χ3v) is 4.00. The Morgan fingerprint density at radius 1 is 0.962 bits per heavy atom. The van der Waals surface area contributed by atoms with Gasteiger partial charge in [-0.3, -0.25) is 9.59 Å². The molecule has 1 aliphatic rings. The molecule has 2 aromatic rings. The Kier molecular flexibility index (Phi) is 5.53. The normalized spacial score (nSPS) is 15.6. The van der Waals surface area contributed by atoms with Crippen molar-refractivity contribution in [2.24, 2.45) is 0 Å². The zero-order valence-electron chi connectivity index (χ0n) is 14.5. The fraction of sp³-hybridized carbons (Fsp3) is 0.200. The van der Waals surface area contributed by atoms with E-state index in [-0.39, 0.29) is 17.5 Å². The monoisotopic (exact) mass is 351 g/mol. The van der Waals surface area contributed by atoms with Gasteiger partial charge >= 0.3 is 0 Å². The molecule has 3 rings (SSSR count). The van der Waals surface area contributed by atoms with Crippen LogP contribution in [0.15, 0.2) is 72.1 Å². The van der Waals surface area contributed by atoms with Crippen molar-refractivity contribution in [2.45, 2.75) is 19.4 Å². The number of anilines is 2. The number of nitrogens with one attached hydrogen (secondary N) is 3. The van der Waals surface area contributed by atoms with E-state index in [0.717, 1.165) is 6.42 Å². The van der Waals surface area contributed by atoms with Gasteiger partial charge in [-0.1, -0.05) is 43.3 Å². The van der Waals surface area contributed by atoms with Gasteiger partial charge in [0, 0.05) is 11.4 Å². The molecule has 1 saturated heterocycles.